The van der Waals surface area contributed by atoms with Gasteiger partial charge in [-0.2, -0.15) is 0 Å². The normalized spacial score (nSPS) is 13.1. The van der Waals surface area contributed by atoms with Crippen LogP contribution in [0.2, 0.25) is 10.0 Å². The van der Waals surface area contributed by atoms with Gasteiger partial charge in [0.1, 0.15) is 13.2 Å². The van der Waals surface area contributed by atoms with Gasteiger partial charge in [0.25, 0.3) is 0 Å². The van der Waals surface area contributed by atoms with Crippen molar-refractivity contribution in [2.45, 2.75) is 0 Å². The summed E-state index contributed by atoms with van der Waals surface area (Å²) in [5.41, 5.74) is 0.856. The van der Waals surface area contributed by atoms with E-state index in [1.165, 1.54) is 0 Å². The van der Waals surface area contributed by atoms with E-state index in [2.05, 4.69) is 0 Å². The predicted octanol–water partition coefficient (Wildman–Crippen LogP) is 4.00. The Bertz CT molecular complexity index is 683. The topological polar surface area (TPSA) is 35.5 Å². The summed E-state index contributed by atoms with van der Waals surface area (Å²) in [7, 11) is 0. The number of fused-ring (bicyclic) bond motifs is 1. The number of ketones is 1. The Labute approximate surface area is 126 Å². The molecular weight excluding hydrogens is 299 g/mol. The Morgan fingerprint density at radius 2 is 1.75 bits per heavy atom. The molecule has 0 bridgehead atoms. The highest BCUT2D eigenvalue weighted by atomic mass is 35.5. The summed E-state index contributed by atoms with van der Waals surface area (Å²) in [5, 5.41) is 0.615. The first kappa shape index (κ1) is 13.3. The van der Waals surface area contributed by atoms with Crippen molar-refractivity contribution in [1.82, 2.24) is 0 Å². The van der Waals surface area contributed by atoms with Crippen molar-refractivity contribution in [3.63, 3.8) is 0 Å². The van der Waals surface area contributed by atoms with Gasteiger partial charge in [0.2, 0.25) is 0 Å². The molecule has 1 aliphatic rings. The van der Waals surface area contributed by atoms with Gasteiger partial charge in [-0.15, -0.1) is 0 Å². The fourth-order valence-corrected chi connectivity index (χ4v) is 2.41. The molecule has 102 valence electrons. The van der Waals surface area contributed by atoms with Gasteiger partial charge in [-0.1, -0.05) is 29.3 Å². The second kappa shape index (κ2) is 5.35. The Kier molecular flexibility index (Phi) is 3.55. The third-order valence-electron chi connectivity index (χ3n) is 3.00. The molecule has 3 nitrogen and oxygen atoms in total. The van der Waals surface area contributed by atoms with Gasteiger partial charge in [-0.25, -0.2) is 0 Å². The predicted molar refractivity (Wildman–Crippen MR) is 77.3 cm³/mol. The largest absolute Gasteiger partial charge is 0.486 e. The average Bonchev–Trinajstić information content (AvgIpc) is 2.49. The van der Waals surface area contributed by atoms with Gasteiger partial charge < -0.3 is 9.47 Å². The number of rotatable bonds is 2. The summed E-state index contributed by atoms with van der Waals surface area (Å²) in [4.78, 5) is 12.5. The Morgan fingerprint density at radius 1 is 1.00 bits per heavy atom. The standard InChI is InChI=1S/C15H10Cl2O3/c16-11-3-1-2-10(14(11)17)15(18)9-4-5-12-13(8-9)20-7-6-19-12/h1-5,8H,6-7H2. The van der Waals surface area contributed by atoms with Crippen molar-refractivity contribution in [1.29, 1.82) is 0 Å². The molecule has 1 heterocycles. The number of carbonyl (C=O) groups is 1. The minimum Gasteiger partial charge on any atom is -0.486 e. The zero-order chi connectivity index (χ0) is 14.1. The molecule has 1 aliphatic heterocycles. The molecule has 0 atom stereocenters. The molecule has 2 aromatic carbocycles. The fraction of sp³-hybridized carbons (Fsp3) is 0.133. The molecule has 0 saturated carbocycles. The highest BCUT2D eigenvalue weighted by Gasteiger charge is 2.18. The van der Waals surface area contributed by atoms with Gasteiger partial charge in [0.15, 0.2) is 17.3 Å². The Morgan fingerprint density at radius 3 is 2.55 bits per heavy atom. The van der Waals surface area contributed by atoms with Crippen LogP contribution in [0.5, 0.6) is 11.5 Å². The van der Waals surface area contributed by atoms with E-state index in [0.29, 0.717) is 40.9 Å². The number of hydrogen-bond acceptors (Lipinski definition) is 3. The van der Waals surface area contributed by atoms with Crippen molar-refractivity contribution >= 4 is 29.0 Å². The number of halogens is 2. The lowest BCUT2D eigenvalue weighted by Gasteiger charge is -2.18. The van der Waals surface area contributed by atoms with Crippen LogP contribution in [0.15, 0.2) is 36.4 Å². The van der Waals surface area contributed by atoms with E-state index in [0.717, 1.165) is 0 Å². The molecule has 0 fully saturated rings. The first-order valence-corrected chi connectivity index (χ1v) is 6.81. The molecule has 3 rings (SSSR count). The van der Waals surface area contributed by atoms with Crippen LogP contribution in [-0.2, 0) is 0 Å². The lowest BCUT2D eigenvalue weighted by Crippen LogP contribution is -2.16. The minimum absolute atomic E-state index is 0.200. The molecule has 0 aromatic heterocycles. The molecule has 0 spiro atoms. The highest BCUT2D eigenvalue weighted by Crippen LogP contribution is 2.33. The lowest BCUT2D eigenvalue weighted by atomic mass is 10.0. The van der Waals surface area contributed by atoms with Gasteiger partial charge >= 0.3 is 0 Å². The minimum atomic E-state index is -0.200. The summed E-state index contributed by atoms with van der Waals surface area (Å²) in [6.07, 6.45) is 0. The molecule has 0 unspecified atom stereocenters. The van der Waals surface area contributed by atoms with Crippen LogP contribution in [0.25, 0.3) is 0 Å². The van der Waals surface area contributed by atoms with Gasteiger partial charge in [-0.3, -0.25) is 4.79 Å². The molecule has 20 heavy (non-hydrogen) atoms. The summed E-state index contributed by atoms with van der Waals surface area (Å²) >= 11 is 12.0. The van der Waals surface area contributed by atoms with Crippen LogP contribution in [-0.4, -0.2) is 19.0 Å². The van der Waals surface area contributed by atoms with E-state index in [1.54, 1.807) is 36.4 Å². The van der Waals surface area contributed by atoms with E-state index < -0.39 is 0 Å². The zero-order valence-electron chi connectivity index (χ0n) is 10.4. The maximum absolute atomic E-state index is 12.5. The lowest BCUT2D eigenvalue weighted by molar-refractivity contribution is 0.103. The smallest absolute Gasteiger partial charge is 0.194 e. The number of benzene rings is 2. The zero-order valence-corrected chi connectivity index (χ0v) is 11.9. The van der Waals surface area contributed by atoms with Gasteiger partial charge in [0, 0.05) is 11.1 Å². The fourth-order valence-electron chi connectivity index (χ4n) is 2.02. The molecule has 0 amide bonds. The summed E-state index contributed by atoms with van der Waals surface area (Å²) in [6.45, 7) is 0.989. The van der Waals surface area contributed by atoms with Crippen LogP contribution in [0.3, 0.4) is 0 Å². The van der Waals surface area contributed by atoms with Crippen LogP contribution in [0.4, 0.5) is 0 Å². The molecule has 0 N–H and O–H groups in total. The summed E-state index contributed by atoms with van der Waals surface area (Å²) in [6, 6.07) is 10.1. The number of carbonyl (C=O) groups excluding carboxylic acids is 1. The third-order valence-corrected chi connectivity index (χ3v) is 3.82. The maximum Gasteiger partial charge on any atom is 0.194 e. The molecule has 2 aromatic rings. The molecular formula is C15H10Cl2O3. The van der Waals surface area contributed by atoms with Crippen molar-refractivity contribution in [3.8, 4) is 11.5 Å². The molecule has 0 radical (unpaired) electrons. The van der Waals surface area contributed by atoms with Gasteiger partial charge in [-0.05, 0) is 30.3 Å². The SMILES string of the molecule is O=C(c1ccc2c(c1)OCCO2)c1cccc(Cl)c1Cl. The van der Waals surface area contributed by atoms with Crippen molar-refractivity contribution in [3.05, 3.63) is 57.6 Å². The van der Waals surface area contributed by atoms with Crippen LogP contribution < -0.4 is 9.47 Å². The van der Waals surface area contributed by atoms with Crippen LogP contribution in [0, 0.1) is 0 Å². The van der Waals surface area contributed by atoms with Crippen molar-refractivity contribution in [2.75, 3.05) is 13.2 Å². The van der Waals surface area contributed by atoms with Crippen LogP contribution in [0.1, 0.15) is 15.9 Å². The summed E-state index contributed by atoms with van der Waals surface area (Å²) < 4.78 is 10.9. The quantitative estimate of drug-likeness (QED) is 0.787. The van der Waals surface area contributed by atoms with E-state index in [1.807, 2.05) is 0 Å². The molecule has 5 heteroatoms. The van der Waals surface area contributed by atoms with Crippen molar-refractivity contribution < 1.29 is 14.3 Å². The highest BCUT2D eigenvalue weighted by molar-refractivity contribution is 6.44. The average molecular weight is 309 g/mol. The van der Waals surface area contributed by atoms with Crippen LogP contribution >= 0.6 is 23.2 Å². The first-order valence-electron chi connectivity index (χ1n) is 6.05. The molecule has 0 saturated heterocycles. The second-order valence-corrected chi connectivity index (χ2v) is 5.07. The maximum atomic E-state index is 12.5. The number of hydrogen-bond donors (Lipinski definition) is 0. The van der Waals surface area contributed by atoms with E-state index >= 15 is 0 Å². The van der Waals surface area contributed by atoms with Gasteiger partial charge in [0.05, 0.1) is 10.0 Å². The van der Waals surface area contributed by atoms with E-state index in [9.17, 15) is 4.79 Å². The van der Waals surface area contributed by atoms with E-state index in [4.69, 9.17) is 32.7 Å². The Hall–Kier alpha value is -1.71. The summed E-state index contributed by atoms with van der Waals surface area (Å²) in [5.74, 6) is 1.01. The first-order chi connectivity index (χ1) is 9.66. The molecule has 0 aliphatic carbocycles. The Balaban J connectivity index is 2.00. The monoisotopic (exact) mass is 308 g/mol. The second-order valence-electron chi connectivity index (χ2n) is 4.29. The van der Waals surface area contributed by atoms with Crippen molar-refractivity contribution in [2.24, 2.45) is 0 Å². The van der Waals surface area contributed by atoms with E-state index in [-0.39, 0.29) is 10.8 Å². The number of ether oxygens (including phenoxy) is 2. The third kappa shape index (κ3) is 2.35.